The first-order valence-electron chi connectivity index (χ1n) is 10.2. The average molecular weight is 409 g/mol. The third-order valence-electron chi connectivity index (χ3n) is 6.06. The van der Waals surface area contributed by atoms with Gasteiger partial charge in [-0.05, 0) is 54.2 Å². The summed E-state index contributed by atoms with van der Waals surface area (Å²) in [5.74, 6) is 0.469. The third-order valence-corrected chi connectivity index (χ3v) is 6.33. The van der Waals surface area contributed by atoms with Crippen molar-refractivity contribution < 1.29 is 0 Å². The summed E-state index contributed by atoms with van der Waals surface area (Å²) in [6.45, 7) is 14.2. The Kier molecular flexibility index (Phi) is 4.73. The van der Waals surface area contributed by atoms with E-state index in [1.165, 1.54) is 33.2 Å². The van der Waals surface area contributed by atoms with Crippen molar-refractivity contribution >= 4 is 33.4 Å². The molecule has 0 saturated carbocycles. The molecule has 0 atom stereocenters. The molecule has 0 bridgehead atoms. The topological polar surface area (TPSA) is 35.6 Å². The first kappa shape index (κ1) is 20.0. The quantitative estimate of drug-likeness (QED) is 0.397. The van der Waals surface area contributed by atoms with Gasteiger partial charge >= 0.3 is 0 Å². The lowest BCUT2D eigenvalue weighted by Crippen LogP contribution is -2.27. The van der Waals surface area contributed by atoms with Gasteiger partial charge in [-0.15, -0.1) is 0 Å². The fraction of sp³-hybridized carbons (Fsp3) is 0.417. The molecular formula is C24H29ClN4. The molecule has 0 fully saturated rings. The number of nitrogens with zero attached hydrogens (tertiary/aromatic N) is 4. The Morgan fingerprint density at radius 2 is 1.72 bits per heavy atom. The summed E-state index contributed by atoms with van der Waals surface area (Å²) in [7, 11) is 1.97. The number of rotatable bonds is 4. The van der Waals surface area contributed by atoms with Crippen molar-refractivity contribution in [3.63, 3.8) is 0 Å². The van der Waals surface area contributed by atoms with Crippen LogP contribution in [-0.2, 0) is 19.0 Å². The van der Waals surface area contributed by atoms with Gasteiger partial charge in [0.15, 0.2) is 5.15 Å². The Bertz CT molecular complexity index is 1230. The average Bonchev–Trinajstić information content (AvgIpc) is 3.14. The molecule has 152 valence electrons. The van der Waals surface area contributed by atoms with Gasteiger partial charge in [0.05, 0.1) is 23.8 Å². The lowest BCUT2D eigenvalue weighted by atomic mass is 9.80. The first-order chi connectivity index (χ1) is 13.6. The van der Waals surface area contributed by atoms with Gasteiger partial charge in [0.2, 0.25) is 0 Å². The van der Waals surface area contributed by atoms with Crippen LogP contribution in [0.4, 0.5) is 0 Å². The zero-order valence-electron chi connectivity index (χ0n) is 18.3. The lowest BCUT2D eigenvalue weighted by Gasteiger charge is -2.28. The van der Waals surface area contributed by atoms with Gasteiger partial charge in [0.1, 0.15) is 0 Å². The van der Waals surface area contributed by atoms with Gasteiger partial charge in [-0.2, -0.15) is 10.2 Å². The Morgan fingerprint density at radius 1 is 1.03 bits per heavy atom. The molecule has 0 unspecified atom stereocenters. The molecule has 0 radical (unpaired) electrons. The summed E-state index contributed by atoms with van der Waals surface area (Å²) in [4.78, 5) is 0. The van der Waals surface area contributed by atoms with Crippen LogP contribution < -0.4 is 0 Å². The van der Waals surface area contributed by atoms with Crippen LogP contribution in [0.5, 0.6) is 0 Å². The lowest BCUT2D eigenvalue weighted by molar-refractivity contribution is 0.416. The molecule has 0 aliphatic heterocycles. The van der Waals surface area contributed by atoms with E-state index in [4.69, 9.17) is 16.7 Å². The molecule has 2 heterocycles. The van der Waals surface area contributed by atoms with Crippen LogP contribution in [0.15, 0.2) is 30.5 Å². The second-order valence-corrected chi connectivity index (χ2v) is 9.50. The standard InChI is InChI=1S/C24H29ClN4/c1-14(2)20-15(3)9-11-19-18(20)12-26-29(19)13-24(5,6)21-16(4)8-10-17-22(21)28(7)27-23(17)25/h8-12,14H,13H2,1-7H3. The molecular weight excluding hydrogens is 380 g/mol. The molecule has 0 saturated heterocycles. The number of fused-ring (bicyclic) bond motifs is 2. The number of hydrogen-bond acceptors (Lipinski definition) is 2. The van der Waals surface area contributed by atoms with E-state index >= 15 is 0 Å². The molecule has 0 amide bonds. The van der Waals surface area contributed by atoms with Crippen LogP contribution in [0.2, 0.25) is 5.15 Å². The molecule has 4 rings (SSSR count). The maximum atomic E-state index is 6.39. The van der Waals surface area contributed by atoms with Crippen LogP contribution >= 0.6 is 11.6 Å². The highest BCUT2D eigenvalue weighted by atomic mass is 35.5. The Morgan fingerprint density at radius 3 is 2.41 bits per heavy atom. The zero-order chi connectivity index (χ0) is 21.1. The van der Waals surface area contributed by atoms with Crippen molar-refractivity contribution in [3.05, 3.63) is 57.9 Å². The Hall–Kier alpha value is -2.33. The molecule has 5 heteroatoms. The van der Waals surface area contributed by atoms with E-state index in [2.05, 4.69) is 75.6 Å². The first-order valence-corrected chi connectivity index (χ1v) is 10.6. The summed E-state index contributed by atoms with van der Waals surface area (Å²) in [6.07, 6.45) is 2.03. The molecule has 0 aliphatic carbocycles. The number of aromatic nitrogens is 4. The summed E-state index contributed by atoms with van der Waals surface area (Å²) < 4.78 is 4.06. The number of aryl methyl sites for hydroxylation is 3. The van der Waals surface area contributed by atoms with Crippen LogP contribution in [0.1, 0.15) is 55.9 Å². The zero-order valence-corrected chi connectivity index (χ0v) is 19.1. The summed E-state index contributed by atoms with van der Waals surface area (Å²) in [6, 6.07) is 8.64. The highest BCUT2D eigenvalue weighted by Gasteiger charge is 2.29. The summed E-state index contributed by atoms with van der Waals surface area (Å²) in [5, 5.41) is 12.1. The minimum absolute atomic E-state index is 0.150. The molecule has 4 aromatic rings. The van der Waals surface area contributed by atoms with Crippen molar-refractivity contribution in [1.82, 2.24) is 19.6 Å². The van der Waals surface area contributed by atoms with Gasteiger partial charge in [-0.1, -0.05) is 51.4 Å². The van der Waals surface area contributed by atoms with Crippen molar-refractivity contribution in [2.75, 3.05) is 0 Å². The van der Waals surface area contributed by atoms with Crippen molar-refractivity contribution in [1.29, 1.82) is 0 Å². The summed E-state index contributed by atoms with van der Waals surface area (Å²) >= 11 is 6.39. The number of benzene rings is 2. The Labute approximate surface area is 177 Å². The van der Waals surface area contributed by atoms with E-state index in [-0.39, 0.29) is 5.41 Å². The van der Waals surface area contributed by atoms with Crippen LogP contribution in [0.3, 0.4) is 0 Å². The van der Waals surface area contributed by atoms with E-state index < -0.39 is 0 Å². The second kappa shape index (κ2) is 6.88. The SMILES string of the molecule is Cc1ccc2c(cnn2CC(C)(C)c2c(C)ccc3c(Cl)nn(C)c23)c1C(C)C. The fourth-order valence-electron chi connectivity index (χ4n) is 4.91. The van der Waals surface area contributed by atoms with Gasteiger partial charge in [0.25, 0.3) is 0 Å². The Balaban J connectivity index is 1.86. The highest BCUT2D eigenvalue weighted by Crippen LogP contribution is 2.37. The number of halogens is 1. The van der Waals surface area contributed by atoms with Crippen molar-refractivity contribution in [3.8, 4) is 0 Å². The molecule has 0 spiro atoms. The van der Waals surface area contributed by atoms with Crippen LogP contribution in [-0.4, -0.2) is 19.6 Å². The molecule has 4 nitrogen and oxygen atoms in total. The molecule has 2 aromatic heterocycles. The fourth-order valence-corrected chi connectivity index (χ4v) is 5.18. The van der Waals surface area contributed by atoms with E-state index in [0.717, 1.165) is 17.4 Å². The molecule has 29 heavy (non-hydrogen) atoms. The van der Waals surface area contributed by atoms with Gasteiger partial charge < -0.3 is 0 Å². The highest BCUT2D eigenvalue weighted by molar-refractivity contribution is 6.34. The van der Waals surface area contributed by atoms with E-state index in [1.54, 1.807) is 0 Å². The predicted molar refractivity (Wildman–Crippen MR) is 122 cm³/mol. The van der Waals surface area contributed by atoms with Crippen LogP contribution in [0, 0.1) is 13.8 Å². The predicted octanol–water partition coefficient (Wildman–Crippen LogP) is 6.29. The maximum Gasteiger partial charge on any atom is 0.158 e. The van der Waals surface area contributed by atoms with E-state index in [0.29, 0.717) is 11.1 Å². The van der Waals surface area contributed by atoms with Crippen molar-refractivity contribution in [2.45, 2.75) is 59.4 Å². The minimum Gasteiger partial charge on any atom is -0.266 e. The van der Waals surface area contributed by atoms with Crippen LogP contribution in [0.25, 0.3) is 21.8 Å². The van der Waals surface area contributed by atoms with E-state index in [1.807, 2.05) is 17.9 Å². The van der Waals surface area contributed by atoms with E-state index in [9.17, 15) is 0 Å². The maximum absolute atomic E-state index is 6.39. The number of hydrogen-bond donors (Lipinski definition) is 0. The minimum atomic E-state index is -0.150. The van der Waals surface area contributed by atoms with Gasteiger partial charge in [-0.3, -0.25) is 9.36 Å². The molecule has 2 aromatic carbocycles. The normalized spacial score (nSPS) is 12.6. The monoisotopic (exact) mass is 408 g/mol. The largest absolute Gasteiger partial charge is 0.266 e. The smallest absolute Gasteiger partial charge is 0.158 e. The van der Waals surface area contributed by atoms with Gasteiger partial charge in [0, 0.05) is 23.2 Å². The summed E-state index contributed by atoms with van der Waals surface area (Å²) in [5.41, 5.74) is 7.40. The second-order valence-electron chi connectivity index (χ2n) is 9.14. The van der Waals surface area contributed by atoms with Gasteiger partial charge in [-0.25, -0.2) is 0 Å². The van der Waals surface area contributed by atoms with Crippen molar-refractivity contribution in [2.24, 2.45) is 7.05 Å². The third kappa shape index (κ3) is 3.14. The molecule has 0 aliphatic rings. The molecule has 0 N–H and O–H groups in total.